The number of hydrogen-bond donors (Lipinski definition) is 1. The van der Waals surface area contributed by atoms with Crippen LogP contribution in [0.2, 0.25) is 0 Å². The fraction of sp³-hybridized carbons (Fsp3) is 0. The number of nitriles is 1. The van der Waals surface area contributed by atoms with Crippen molar-refractivity contribution >= 4 is 17.4 Å². The van der Waals surface area contributed by atoms with E-state index < -0.39 is 0 Å². The van der Waals surface area contributed by atoms with Crippen molar-refractivity contribution in [3.63, 3.8) is 0 Å². The highest BCUT2D eigenvalue weighted by Crippen LogP contribution is 2.29. The lowest BCUT2D eigenvalue weighted by Crippen LogP contribution is -1.87. The number of nitrogens with zero attached hydrogens (tertiary/aromatic N) is 2. The highest BCUT2D eigenvalue weighted by molar-refractivity contribution is 7.99. The molecule has 0 fully saturated rings. The lowest BCUT2D eigenvalue weighted by Gasteiger charge is -2.00. The predicted molar refractivity (Wildman–Crippen MR) is 56.2 cm³/mol. The van der Waals surface area contributed by atoms with Gasteiger partial charge in [-0.15, -0.1) is 0 Å². The third-order valence-corrected chi connectivity index (χ3v) is 2.68. The first-order valence-electron chi connectivity index (χ1n) is 4.16. The van der Waals surface area contributed by atoms with Crippen LogP contribution in [0.15, 0.2) is 45.2 Å². The number of aromatic nitrogens is 1. The molecular formula is C10H7N3OS. The minimum atomic E-state index is 0.510. The number of nitrogens with two attached hydrogens (primary N) is 1. The second-order valence-corrected chi connectivity index (χ2v) is 3.76. The van der Waals surface area contributed by atoms with Crippen molar-refractivity contribution in [1.82, 2.24) is 4.98 Å². The van der Waals surface area contributed by atoms with E-state index in [1.165, 1.54) is 18.0 Å². The number of oxazole rings is 1. The third-order valence-electron chi connectivity index (χ3n) is 1.73. The van der Waals surface area contributed by atoms with E-state index in [1.807, 2.05) is 0 Å². The number of nitrogen functional groups attached to an aromatic ring is 1. The summed E-state index contributed by atoms with van der Waals surface area (Å²) in [6, 6.07) is 7.23. The van der Waals surface area contributed by atoms with Gasteiger partial charge in [-0.1, -0.05) is 0 Å². The minimum Gasteiger partial charge on any atom is -0.440 e. The van der Waals surface area contributed by atoms with Gasteiger partial charge in [-0.3, -0.25) is 0 Å². The molecule has 0 amide bonds. The molecule has 0 unspecified atom stereocenters. The largest absolute Gasteiger partial charge is 0.440 e. The van der Waals surface area contributed by atoms with Crippen molar-refractivity contribution in [3.8, 4) is 6.07 Å². The Hall–Kier alpha value is -1.93. The Morgan fingerprint density at radius 1 is 1.47 bits per heavy atom. The molecular weight excluding hydrogens is 210 g/mol. The molecule has 0 aliphatic heterocycles. The zero-order valence-corrected chi connectivity index (χ0v) is 8.49. The quantitative estimate of drug-likeness (QED) is 0.781. The summed E-state index contributed by atoms with van der Waals surface area (Å²) in [7, 11) is 0. The number of hydrogen-bond acceptors (Lipinski definition) is 5. The van der Waals surface area contributed by atoms with Gasteiger partial charge in [0.1, 0.15) is 12.3 Å². The molecule has 5 heteroatoms. The molecule has 2 aromatic rings. The molecule has 0 aliphatic rings. The maximum Gasteiger partial charge on any atom is 0.260 e. The first-order valence-corrected chi connectivity index (χ1v) is 4.98. The maximum absolute atomic E-state index is 8.90. The molecule has 0 aliphatic carbocycles. The molecule has 0 bridgehead atoms. The average molecular weight is 217 g/mol. The van der Waals surface area contributed by atoms with Crippen molar-refractivity contribution in [2.75, 3.05) is 5.73 Å². The number of benzene rings is 1. The van der Waals surface area contributed by atoms with Crippen molar-refractivity contribution in [3.05, 3.63) is 36.2 Å². The van der Waals surface area contributed by atoms with Crippen LogP contribution in [0.3, 0.4) is 0 Å². The first kappa shape index (κ1) is 9.62. The van der Waals surface area contributed by atoms with Crippen LogP contribution in [0.5, 0.6) is 0 Å². The van der Waals surface area contributed by atoms with Crippen LogP contribution in [0.4, 0.5) is 5.69 Å². The van der Waals surface area contributed by atoms with Gasteiger partial charge in [0.25, 0.3) is 5.22 Å². The van der Waals surface area contributed by atoms with Gasteiger partial charge in [0, 0.05) is 10.6 Å². The third kappa shape index (κ3) is 2.11. The van der Waals surface area contributed by atoms with Gasteiger partial charge in [-0.05, 0) is 30.0 Å². The molecule has 15 heavy (non-hydrogen) atoms. The van der Waals surface area contributed by atoms with E-state index in [-0.39, 0.29) is 0 Å². The van der Waals surface area contributed by atoms with Gasteiger partial charge in [0.2, 0.25) is 0 Å². The molecule has 0 spiro atoms. The second-order valence-electron chi connectivity index (χ2n) is 2.77. The van der Waals surface area contributed by atoms with Crippen LogP contribution >= 0.6 is 11.8 Å². The second kappa shape index (κ2) is 4.07. The van der Waals surface area contributed by atoms with E-state index in [1.54, 1.807) is 24.4 Å². The monoisotopic (exact) mass is 217 g/mol. The van der Waals surface area contributed by atoms with Crippen LogP contribution in [-0.4, -0.2) is 4.98 Å². The van der Waals surface area contributed by atoms with Crippen molar-refractivity contribution in [2.45, 2.75) is 10.1 Å². The summed E-state index contributed by atoms with van der Waals surface area (Å²) in [4.78, 5) is 4.75. The lowest BCUT2D eigenvalue weighted by molar-refractivity contribution is 0.454. The normalized spacial score (nSPS) is 9.80. The predicted octanol–water partition coefficient (Wildman–Crippen LogP) is 2.28. The molecule has 0 saturated carbocycles. The number of rotatable bonds is 2. The minimum absolute atomic E-state index is 0.510. The Kier molecular flexibility index (Phi) is 2.61. The average Bonchev–Trinajstić information content (AvgIpc) is 2.73. The van der Waals surface area contributed by atoms with E-state index in [0.29, 0.717) is 16.5 Å². The molecule has 2 rings (SSSR count). The van der Waals surface area contributed by atoms with E-state index in [2.05, 4.69) is 11.1 Å². The zero-order chi connectivity index (χ0) is 10.7. The molecule has 74 valence electrons. The zero-order valence-electron chi connectivity index (χ0n) is 7.68. The summed E-state index contributed by atoms with van der Waals surface area (Å²) in [5.74, 6) is 0. The topological polar surface area (TPSA) is 75.8 Å². The molecule has 4 nitrogen and oxygen atoms in total. The molecule has 1 heterocycles. The lowest BCUT2D eigenvalue weighted by atomic mass is 10.2. The highest BCUT2D eigenvalue weighted by atomic mass is 32.2. The van der Waals surface area contributed by atoms with Gasteiger partial charge >= 0.3 is 0 Å². The number of anilines is 1. The van der Waals surface area contributed by atoms with Crippen LogP contribution in [-0.2, 0) is 0 Å². The fourth-order valence-corrected chi connectivity index (χ4v) is 1.83. The smallest absolute Gasteiger partial charge is 0.260 e. The Morgan fingerprint density at radius 3 is 3.00 bits per heavy atom. The summed E-state index contributed by atoms with van der Waals surface area (Å²) in [6.45, 7) is 0. The maximum atomic E-state index is 8.90. The van der Waals surface area contributed by atoms with Crippen molar-refractivity contribution in [1.29, 1.82) is 5.26 Å². The summed E-state index contributed by atoms with van der Waals surface area (Å²) < 4.78 is 5.08. The summed E-state index contributed by atoms with van der Waals surface area (Å²) in [6.07, 6.45) is 3.05. The van der Waals surface area contributed by atoms with Crippen LogP contribution in [0, 0.1) is 11.3 Å². The van der Waals surface area contributed by atoms with Crippen LogP contribution in [0.25, 0.3) is 0 Å². The van der Waals surface area contributed by atoms with Gasteiger partial charge in [0.15, 0.2) is 0 Å². The fourth-order valence-electron chi connectivity index (χ4n) is 1.08. The van der Waals surface area contributed by atoms with Gasteiger partial charge in [0.05, 0.1) is 11.8 Å². The Balaban J connectivity index is 2.33. The molecule has 1 aromatic heterocycles. The van der Waals surface area contributed by atoms with E-state index in [9.17, 15) is 0 Å². The van der Waals surface area contributed by atoms with Gasteiger partial charge in [-0.2, -0.15) is 5.26 Å². The Labute approximate surface area is 90.7 Å². The molecule has 0 saturated heterocycles. The Morgan fingerprint density at radius 2 is 2.33 bits per heavy atom. The van der Waals surface area contributed by atoms with Gasteiger partial charge < -0.3 is 10.2 Å². The summed E-state index contributed by atoms with van der Waals surface area (Å²) in [5, 5.41) is 9.41. The molecule has 0 atom stereocenters. The van der Waals surface area contributed by atoms with Crippen molar-refractivity contribution < 1.29 is 4.42 Å². The highest BCUT2D eigenvalue weighted by Gasteiger charge is 2.07. The van der Waals surface area contributed by atoms with Crippen LogP contribution < -0.4 is 5.73 Å². The molecule has 2 N–H and O–H groups in total. The van der Waals surface area contributed by atoms with E-state index in [4.69, 9.17) is 15.4 Å². The van der Waals surface area contributed by atoms with Crippen LogP contribution in [0.1, 0.15) is 5.56 Å². The molecule has 1 aromatic carbocycles. The SMILES string of the molecule is N#Cc1cc(N)ccc1Sc1ncco1. The molecule has 0 radical (unpaired) electrons. The first-order chi connectivity index (χ1) is 7.29. The van der Waals surface area contributed by atoms with E-state index >= 15 is 0 Å². The summed E-state index contributed by atoms with van der Waals surface area (Å²) >= 11 is 1.30. The standard InChI is InChI=1S/C10H7N3OS/c11-6-7-5-8(12)1-2-9(7)15-10-13-3-4-14-10/h1-5H,12H2. The van der Waals surface area contributed by atoms with Crippen molar-refractivity contribution in [2.24, 2.45) is 0 Å². The summed E-state index contributed by atoms with van der Waals surface area (Å²) in [5.41, 5.74) is 6.68. The Bertz CT molecular complexity index is 502. The van der Waals surface area contributed by atoms with Gasteiger partial charge in [-0.25, -0.2) is 4.98 Å². The van der Waals surface area contributed by atoms with E-state index in [0.717, 1.165) is 4.90 Å².